The van der Waals surface area contributed by atoms with Crippen LogP contribution in [0.15, 0.2) is 48.6 Å². The van der Waals surface area contributed by atoms with E-state index in [4.69, 9.17) is 8.85 Å². The smallest absolute Gasteiger partial charge is 0.321 e. The van der Waals surface area contributed by atoms with Crippen molar-refractivity contribution in [3.63, 3.8) is 0 Å². The molecule has 0 aliphatic heterocycles. The van der Waals surface area contributed by atoms with Crippen molar-refractivity contribution >= 4 is 9.28 Å². The van der Waals surface area contributed by atoms with Gasteiger partial charge in [-0.1, -0.05) is 62.0 Å². The summed E-state index contributed by atoms with van der Waals surface area (Å²) in [7, 11) is -1.23. The van der Waals surface area contributed by atoms with Gasteiger partial charge in [-0.25, -0.2) is 0 Å². The van der Waals surface area contributed by atoms with Crippen molar-refractivity contribution in [1.29, 1.82) is 0 Å². The molecular formula is C17H30O2Si. The molecule has 0 amide bonds. The molecule has 0 fully saturated rings. The van der Waals surface area contributed by atoms with Crippen LogP contribution in [0.2, 0.25) is 6.04 Å². The van der Waals surface area contributed by atoms with E-state index < -0.39 is 9.28 Å². The van der Waals surface area contributed by atoms with Crippen molar-refractivity contribution in [3.8, 4) is 0 Å². The topological polar surface area (TPSA) is 18.5 Å². The maximum atomic E-state index is 5.44. The minimum Gasteiger partial charge on any atom is -0.397 e. The Morgan fingerprint density at radius 2 is 1.15 bits per heavy atom. The fourth-order valence-electron chi connectivity index (χ4n) is 1.61. The van der Waals surface area contributed by atoms with Crippen LogP contribution in [0.5, 0.6) is 0 Å². The summed E-state index contributed by atoms with van der Waals surface area (Å²) in [6.07, 6.45) is 20.2. The number of hydrogen-bond acceptors (Lipinski definition) is 2. The lowest BCUT2D eigenvalue weighted by Gasteiger charge is -2.12. The molecule has 0 N–H and O–H groups in total. The molecule has 20 heavy (non-hydrogen) atoms. The maximum Gasteiger partial charge on any atom is 0.321 e. The van der Waals surface area contributed by atoms with Gasteiger partial charge in [-0.15, -0.1) is 0 Å². The zero-order valence-corrected chi connectivity index (χ0v) is 14.4. The number of allylic oxidation sites excluding steroid dienone is 8. The SMILES string of the molecule is C1=CCC=C1.C1=CCC=C1.CCC[SiH](OCC)OCC. The monoisotopic (exact) mass is 294 g/mol. The zero-order chi connectivity index (χ0) is 14.9. The van der Waals surface area contributed by atoms with E-state index in [0.717, 1.165) is 32.1 Å². The van der Waals surface area contributed by atoms with Crippen LogP contribution in [0.25, 0.3) is 0 Å². The molecule has 2 aliphatic rings. The molecule has 2 nitrogen and oxygen atoms in total. The summed E-state index contributed by atoms with van der Waals surface area (Å²) in [5, 5.41) is 0. The third-order valence-corrected chi connectivity index (χ3v) is 5.00. The van der Waals surface area contributed by atoms with Crippen LogP contribution in [0, 0.1) is 0 Å². The summed E-state index contributed by atoms with van der Waals surface area (Å²) in [4.78, 5) is 0. The van der Waals surface area contributed by atoms with E-state index >= 15 is 0 Å². The molecule has 3 heteroatoms. The van der Waals surface area contributed by atoms with E-state index in [1.807, 2.05) is 13.8 Å². The molecule has 0 aromatic heterocycles. The summed E-state index contributed by atoms with van der Waals surface area (Å²) in [6.45, 7) is 7.81. The third kappa shape index (κ3) is 13.5. The molecule has 0 unspecified atom stereocenters. The Kier molecular flexibility index (Phi) is 15.4. The van der Waals surface area contributed by atoms with Gasteiger partial charge in [0.25, 0.3) is 0 Å². The summed E-state index contributed by atoms with van der Waals surface area (Å²) >= 11 is 0. The zero-order valence-electron chi connectivity index (χ0n) is 13.3. The van der Waals surface area contributed by atoms with E-state index in [1.165, 1.54) is 6.42 Å². The fraction of sp³-hybridized carbons (Fsp3) is 0.529. The van der Waals surface area contributed by atoms with Gasteiger partial charge in [-0.3, -0.25) is 0 Å². The Morgan fingerprint density at radius 1 is 0.750 bits per heavy atom. The first-order valence-electron chi connectivity index (χ1n) is 7.71. The molecular weight excluding hydrogens is 264 g/mol. The molecule has 0 atom stereocenters. The van der Waals surface area contributed by atoms with Gasteiger partial charge in [-0.2, -0.15) is 0 Å². The molecule has 2 aliphatic carbocycles. The van der Waals surface area contributed by atoms with Crippen molar-refractivity contribution in [3.05, 3.63) is 48.6 Å². The molecule has 0 saturated heterocycles. The summed E-state index contributed by atoms with van der Waals surface area (Å²) in [6, 6.07) is 1.14. The van der Waals surface area contributed by atoms with Gasteiger partial charge < -0.3 is 8.85 Å². The Bertz CT molecular complexity index is 250. The number of hydrogen-bond donors (Lipinski definition) is 0. The van der Waals surface area contributed by atoms with Crippen molar-refractivity contribution in [1.82, 2.24) is 0 Å². The fourth-order valence-corrected chi connectivity index (χ4v) is 3.25. The first-order chi connectivity index (χ1) is 9.85. The van der Waals surface area contributed by atoms with Crippen molar-refractivity contribution in [2.24, 2.45) is 0 Å². The van der Waals surface area contributed by atoms with Gasteiger partial charge in [0, 0.05) is 13.2 Å². The highest BCUT2D eigenvalue weighted by molar-refractivity contribution is 6.44. The van der Waals surface area contributed by atoms with Crippen LogP contribution in [-0.2, 0) is 8.85 Å². The molecule has 2 rings (SSSR count). The van der Waals surface area contributed by atoms with E-state index in [-0.39, 0.29) is 0 Å². The molecule has 0 aromatic carbocycles. The maximum absolute atomic E-state index is 5.44. The lowest BCUT2D eigenvalue weighted by atomic mass is 10.5. The van der Waals surface area contributed by atoms with Gasteiger partial charge in [0.1, 0.15) is 0 Å². The first kappa shape index (κ1) is 19.1. The van der Waals surface area contributed by atoms with Gasteiger partial charge >= 0.3 is 9.28 Å². The molecule has 0 spiro atoms. The highest BCUT2D eigenvalue weighted by Gasteiger charge is 2.08. The normalized spacial score (nSPS) is 14.2. The summed E-state index contributed by atoms with van der Waals surface area (Å²) < 4.78 is 10.9. The average molecular weight is 295 g/mol. The Balaban J connectivity index is 0.000000298. The van der Waals surface area contributed by atoms with Crippen LogP contribution >= 0.6 is 0 Å². The van der Waals surface area contributed by atoms with E-state index in [9.17, 15) is 0 Å². The van der Waals surface area contributed by atoms with E-state index in [2.05, 4.69) is 55.5 Å². The largest absolute Gasteiger partial charge is 0.397 e. The van der Waals surface area contributed by atoms with Crippen molar-refractivity contribution in [2.45, 2.75) is 46.1 Å². The number of rotatable bonds is 6. The quantitative estimate of drug-likeness (QED) is 0.661. The minimum absolute atomic E-state index is 0.802. The van der Waals surface area contributed by atoms with Crippen LogP contribution in [0.3, 0.4) is 0 Å². The second-order valence-corrected chi connectivity index (χ2v) is 6.42. The minimum atomic E-state index is -1.23. The summed E-state index contributed by atoms with van der Waals surface area (Å²) in [5.41, 5.74) is 0. The van der Waals surface area contributed by atoms with Gasteiger partial charge in [-0.05, 0) is 32.7 Å². The molecule has 0 aromatic rings. The second-order valence-electron chi connectivity index (χ2n) is 4.31. The van der Waals surface area contributed by atoms with Crippen LogP contribution < -0.4 is 0 Å². The predicted molar refractivity (Wildman–Crippen MR) is 91.3 cm³/mol. The Hall–Kier alpha value is -0.903. The Morgan fingerprint density at radius 3 is 1.35 bits per heavy atom. The van der Waals surface area contributed by atoms with Crippen molar-refractivity contribution < 1.29 is 8.85 Å². The first-order valence-corrected chi connectivity index (χ1v) is 9.47. The van der Waals surface area contributed by atoms with Gasteiger partial charge in [0.05, 0.1) is 0 Å². The second kappa shape index (κ2) is 16.2. The molecule has 0 heterocycles. The van der Waals surface area contributed by atoms with Crippen LogP contribution in [-0.4, -0.2) is 22.5 Å². The van der Waals surface area contributed by atoms with Gasteiger partial charge in [0.15, 0.2) is 0 Å². The van der Waals surface area contributed by atoms with E-state index in [0.29, 0.717) is 0 Å². The lowest BCUT2D eigenvalue weighted by molar-refractivity contribution is 0.213. The van der Waals surface area contributed by atoms with E-state index in [1.54, 1.807) is 0 Å². The predicted octanol–water partition coefficient (Wildman–Crippen LogP) is 4.69. The van der Waals surface area contributed by atoms with Crippen molar-refractivity contribution in [2.75, 3.05) is 13.2 Å². The molecule has 0 bridgehead atoms. The highest BCUT2D eigenvalue weighted by atomic mass is 28.3. The molecule has 0 saturated carbocycles. The standard InChI is InChI=1S/C7H18O2Si.2C5H6/c1-4-7-10(8-5-2)9-6-3;2*1-2-4-5-3-1/h10H,4-7H2,1-3H3;2*1-4H,5H2. The van der Waals surface area contributed by atoms with Gasteiger partial charge in [0.2, 0.25) is 0 Å². The Labute approximate surface area is 126 Å². The lowest BCUT2D eigenvalue weighted by Crippen LogP contribution is -2.22. The molecule has 0 radical (unpaired) electrons. The van der Waals surface area contributed by atoms with Crippen LogP contribution in [0.4, 0.5) is 0 Å². The third-order valence-electron chi connectivity index (χ3n) is 2.54. The molecule has 114 valence electrons. The summed E-state index contributed by atoms with van der Waals surface area (Å²) in [5.74, 6) is 0. The highest BCUT2D eigenvalue weighted by Crippen LogP contribution is 2.00. The average Bonchev–Trinajstić information content (AvgIpc) is 3.18. The van der Waals surface area contributed by atoms with Crippen LogP contribution in [0.1, 0.15) is 40.0 Å².